The molecule has 0 atom stereocenters. The van der Waals surface area contributed by atoms with E-state index in [-0.39, 0.29) is 5.97 Å². The van der Waals surface area contributed by atoms with E-state index in [0.717, 1.165) is 6.42 Å². The molecule has 88 valence electrons. The van der Waals surface area contributed by atoms with Crippen molar-refractivity contribution in [2.75, 3.05) is 6.61 Å². The van der Waals surface area contributed by atoms with Crippen LogP contribution in [0, 0.1) is 0 Å². The van der Waals surface area contributed by atoms with Gasteiger partial charge in [0.2, 0.25) is 0 Å². The molecule has 0 aliphatic heterocycles. The van der Waals surface area contributed by atoms with E-state index in [2.05, 4.69) is 13.5 Å². The Hall–Kier alpha value is -0.790. The molecule has 0 aromatic heterocycles. The van der Waals surface area contributed by atoms with Gasteiger partial charge in [0.1, 0.15) is 0 Å². The molecule has 0 fully saturated rings. The second-order valence-electron chi connectivity index (χ2n) is 3.83. The number of carbonyl (C=O) groups excluding carboxylic acids is 1. The molecule has 0 aromatic rings. The number of hydrogen-bond acceptors (Lipinski definition) is 2. The molecule has 2 nitrogen and oxygen atoms in total. The van der Waals surface area contributed by atoms with E-state index in [9.17, 15) is 4.79 Å². The summed E-state index contributed by atoms with van der Waals surface area (Å²) < 4.78 is 5.00. The summed E-state index contributed by atoms with van der Waals surface area (Å²) >= 11 is 0. The van der Waals surface area contributed by atoms with Crippen molar-refractivity contribution in [3.05, 3.63) is 12.7 Å². The number of carbonyl (C=O) groups is 1. The Bertz CT molecular complexity index is 164. The minimum Gasteiger partial charge on any atom is -0.465 e. The van der Waals surface area contributed by atoms with Crippen LogP contribution in [0.15, 0.2) is 12.7 Å². The van der Waals surface area contributed by atoms with Crippen LogP contribution in [0.2, 0.25) is 0 Å². The fraction of sp³-hybridized carbons (Fsp3) is 0.769. The zero-order valence-electron chi connectivity index (χ0n) is 9.96. The van der Waals surface area contributed by atoms with Crippen molar-refractivity contribution in [2.24, 2.45) is 0 Å². The fourth-order valence-corrected chi connectivity index (χ4v) is 1.42. The molecule has 0 heterocycles. The fourth-order valence-electron chi connectivity index (χ4n) is 1.42. The zero-order chi connectivity index (χ0) is 11.4. The monoisotopic (exact) mass is 212 g/mol. The van der Waals surface area contributed by atoms with Crippen molar-refractivity contribution in [3.63, 3.8) is 0 Å². The topological polar surface area (TPSA) is 26.3 Å². The second kappa shape index (κ2) is 11.3. The average Bonchev–Trinajstić information content (AvgIpc) is 2.22. The lowest BCUT2D eigenvalue weighted by atomic mass is 10.1. The SMILES string of the molecule is C=CCC(=O)OCCCCCCCCC. The van der Waals surface area contributed by atoms with Gasteiger partial charge in [-0.3, -0.25) is 4.79 Å². The molecule has 0 rings (SSSR count). The standard InChI is InChI=1S/C13H24O2/c1-3-5-6-7-8-9-10-12-15-13(14)11-4-2/h4H,2-3,5-12H2,1H3. The van der Waals surface area contributed by atoms with Crippen LogP contribution in [0.3, 0.4) is 0 Å². The Morgan fingerprint density at radius 3 is 2.33 bits per heavy atom. The Morgan fingerprint density at radius 2 is 1.73 bits per heavy atom. The first-order valence-electron chi connectivity index (χ1n) is 6.07. The highest BCUT2D eigenvalue weighted by atomic mass is 16.5. The number of rotatable bonds is 10. The van der Waals surface area contributed by atoms with Gasteiger partial charge in [-0.05, 0) is 6.42 Å². The summed E-state index contributed by atoms with van der Waals surface area (Å²) in [5, 5.41) is 0. The Balaban J connectivity index is 3.04. The Kier molecular flexibility index (Phi) is 10.7. The average molecular weight is 212 g/mol. The molecule has 2 heteroatoms. The van der Waals surface area contributed by atoms with E-state index in [1.807, 2.05) is 0 Å². The Morgan fingerprint density at radius 1 is 1.13 bits per heavy atom. The van der Waals surface area contributed by atoms with E-state index in [0.29, 0.717) is 13.0 Å². The van der Waals surface area contributed by atoms with Gasteiger partial charge in [0.15, 0.2) is 0 Å². The van der Waals surface area contributed by atoms with Gasteiger partial charge < -0.3 is 4.74 Å². The summed E-state index contributed by atoms with van der Waals surface area (Å²) in [6.45, 7) is 6.28. The van der Waals surface area contributed by atoms with Crippen molar-refractivity contribution in [1.82, 2.24) is 0 Å². The minimum absolute atomic E-state index is 0.156. The van der Waals surface area contributed by atoms with Gasteiger partial charge in [0.05, 0.1) is 13.0 Å². The third kappa shape index (κ3) is 11.1. The highest BCUT2D eigenvalue weighted by Crippen LogP contribution is 2.06. The lowest BCUT2D eigenvalue weighted by Crippen LogP contribution is -2.04. The quantitative estimate of drug-likeness (QED) is 0.312. The summed E-state index contributed by atoms with van der Waals surface area (Å²) in [7, 11) is 0. The summed E-state index contributed by atoms with van der Waals surface area (Å²) in [6.07, 6.45) is 10.6. The van der Waals surface area contributed by atoms with Crippen molar-refractivity contribution in [3.8, 4) is 0 Å². The van der Waals surface area contributed by atoms with E-state index < -0.39 is 0 Å². The van der Waals surface area contributed by atoms with Crippen LogP contribution in [0.5, 0.6) is 0 Å². The maximum Gasteiger partial charge on any atom is 0.309 e. The molecular formula is C13H24O2. The van der Waals surface area contributed by atoms with Crippen LogP contribution >= 0.6 is 0 Å². The molecule has 0 unspecified atom stereocenters. The summed E-state index contributed by atoms with van der Waals surface area (Å²) in [6, 6.07) is 0. The van der Waals surface area contributed by atoms with E-state index in [4.69, 9.17) is 4.74 Å². The maximum absolute atomic E-state index is 10.9. The van der Waals surface area contributed by atoms with E-state index in [1.165, 1.54) is 38.5 Å². The van der Waals surface area contributed by atoms with Crippen LogP contribution in [0.1, 0.15) is 58.3 Å². The van der Waals surface area contributed by atoms with Crippen LogP contribution < -0.4 is 0 Å². The first-order valence-corrected chi connectivity index (χ1v) is 6.07. The van der Waals surface area contributed by atoms with Crippen molar-refractivity contribution in [2.45, 2.75) is 58.3 Å². The second-order valence-corrected chi connectivity index (χ2v) is 3.83. The lowest BCUT2D eigenvalue weighted by Gasteiger charge is -2.03. The van der Waals surface area contributed by atoms with Gasteiger partial charge in [-0.1, -0.05) is 51.5 Å². The van der Waals surface area contributed by atoms with Gasteiger partial charge in [0, 0.05) is 0 Å². The molecule has 0 aliphatic rings. The molecule has 0 spiro atoms. The normalized spacial score (nSPS) is 9.93. The van der Waals surface area contributed by atoms with Crippen LogP contribution in [0.4, 0.5) is 0 Å². The molecule has 0 aromatic carbocycles. The third-order valence-corrected chi connectivity index (χ3v) is 2.32. The molecule has 0 saturated carbocycles. The van der Waals surface area contributed by atoms with Crippen molar-refractivity contribution in [1.29, 1.82) is 0 Å². The summed E-state index contributed by atoms with van der Waals surface area (Å²) in [5.74, 6) is -0.156. The predicted octanol–water partition coefficient (Wildman–Crippen LogP) is 3.86. The van der Waals surface area contributed by atoms with Crippen LogP contribution in [-0.2, 0) is 9.53 Å². The van der Waals surface area contributed by atoms with E-state index >= 15 is 0 Å². The molecule has 0 aliphatic carbocycles. The Labute approximate surface area is 93.7 Å². The van der Waals surface area contributed by atoms with E-state index in [1.54, 1.807) is 6.08 Å². The predicted molar refractivity (Wildman–Crippen MR) is 63.8 cm³/mol. The smallest absolute Gasteiger partial charge is 0.309 e. The first-order chi connectivity index (χ1) is 7.31. The molecular weight excluding hydrogens is 188 g/mol. The minimum atomic E-state index is -0.156. The molecule has 0 saturated heterocycles. The molecule has 0 N–H and O–H groups in total. The molecule has 15 heavy (non-hydrogen) atoms. The third-order valence-electron chi connectivity index (χ3n) is 2.32. The molecule has 0 amide bonds. The molecule has 0 radical (unpaired) electrons. The largest absolute Gasteiger partial charge is 0.465 e. The maximum atomic E-state index is 10.9. The van der Waals surface area contributed by atoms with Gasteiger partial charge in [-0.25, -0.2) is 0 Å². The van der Waals surface area contributed by atoms with Crippen LogP contribution in [0.25, 0.3) is 0 Å². The molecule has 0 bridgehead atoms. The van der Waals surface area contributed by atoms with Gasteiger partial charge in [-0.15, -0.1) is 6.58 Å². The number of unbranched alkanes of at least 4 members (excludes halogenated alkanes) is 6. The van der Waals surface area contributed by atoms with Crippen molar-refractivity contribution < 1.29 is 9.53 Å². The number of esters is 1. The highest BCUT2D eigenvalue weighted by molar-refractivity contribution is 5.70. The van der Waals surface area contributed by atoms with Crippen LogP contribution in [-0.4, -0.2) is 12.6 Å². The first kappa shape index (κ1) is 14.2. The summed E-state index contributed by atoms with van der Waals surface area (Å²) in [4.78, 5) is 10.9. The van der Waals surface area contributed by atoms with Gasteiger partial charge in [0.25, 0.3) is 0 Å². The van der Waals surface area contributed by atoms with Gasteiger partial charge in [-0.2, -0.15) is 0 Å². The lowest BCUT2D eigenvalue weighted by molar-refractivity contribution is -0.142. The highest BCUT2D eigenvalue weighted by Gasteiger charge is 1.98. The van der Waals surface area contributed by atoms with Crippen molar-refractivity contribution >= 4 is 5.97 Å². The van der Waals surface area contributed by atoms with Gasteiger partial charge >= 0.3 is 5.97 Å². The number of ether oxygens (including phenoxy) is 1. The summed E-state index contributed by atoms with van der Waals surface area (Å²) in [5.41, 5.74) is 0. The zero-order valence-corrected chi connectivity index (χ0v) is 9.96. The number of hydrogen-bond donors (Lipinski definition) is 0.